The highest BCUT2D eigenvalue weighted by atomic mass is 16.1. The molecule has 1 fully saturated rings. The van der Waals surface area contributed by atoms with Crippen LogP contribution in [0.15, 0.2) is 24.3 Å². The molecule has 100 valence electrons. The Morgan fingerprint density at radius 2 is 2.42 bits per heavy atom. The fourth-order valence-corrected chi connectivity index (χ4v) is 2.34. The third kappa shape index (κ3) is 4.38. The van der Waals surface area contributed by atoms with Crippen LogP contribution >= 0.6 is 0 Å². The molecule has 0 saturated carbocycles. The molecule has 2 N–H and O–H groups in total. The highest BCUT2D eigenvalue weighted by molar-refractivity contribution is 5.75. The Balaban J connectivity index is 1.72. The second-order valence-corrected chi connectivity index (χ2v) is 4.99. The number of hydrogen-bond acceptors (Lipinski definition) is 3. The normalized spacial score (nSPS) is 17.9. The topological polar surface area (TPSA) is 64.9 Å². The largest absolute Gasteiger partial charge is 0.352 e. The van der Waals surface area contributed by atoms with E-state index in [9.17, 15) is 4.79 Å². The Bertz CT molecular complexity index is 473. The van der Waals surface area contributed by atoms with Gasteiger partial charge in [0.05, 0.1) is 11.6 Å². The number of carbonyl (C=O) groups excluding carboxylic acids is 1. The molecule has 0 bridgehead atoms. The molecule has 2 rings (SSSR count). The summed E-state index contributed by atoms with van der Waals surface area (Å²) in [7, 11) is 0. The molecule has 0 aliphatic carbocycles. The predicted octanol–water partition coefficient (Wildman–Crippen LogP) is 1.56. The Labute approximate surface area is 113 Å². The van der Waals surface area contributed by atoms with E-state index >= 15 is 0 Å². The van der Waals surface area contributed by atoms with E-state index in [4.69, 9.17) is 5.26 Å². The first-order chi connectivity index (χ1) is 9.28. The summed E-state index contributed by atoms with van der Waals surface area (Å²) < 4.78 is 0. The summed E-state index contributed by atoms with van der Waals surface area (Å²) in [6.07, 6.45) is 2.72. The fraction of sp³-hybridized carbons (Fsp3) is 0.467. The van der Waals surface area contributed by atoms with Gasteiger partial charge in [-0.2, -0.15) is 5.26 Å². The molecule has 1 aromatic carbocycles. The van der Waals surface area contributed by atoms with Gasteiger partial charge in [0.1, 0.15) is 0 Å². The zero-order valence-corrected chi connectivity index (χ0v) is 11.0. The summed E-state index contributed by atoms with van der Waals surface area (Å²) in [6, 6.07) is 9.42. The minimum absolute atomic E-state index is 0.0919. The van der Waals surface area contributed by atoms with Crippen molar-refractivity contribution in [2.75, 3.05) is 13.1 Å². The maximum absolute atomic E-state index is 11.7. The van der Waals surface area contributed by atoms with E-state index in [-0.39, 0.29) is 5.91 Å². The van der Waals surface area contributed by atoms with E-state index in [1.807, 2.05) is 12.1 Å². The van der Waals surface area contributed by atoms with Crippen molar-refractivity contribution >= 4 is 5.91 Å². The SMILES string of the molecule is N#Cc1cccc(CNC(=O)CCC2CCNC2)c1. The minimum atomic E-state index is 0.0919. The highest BCUT2D eigenvalue weighted by Crippen LogP contribution is 2.14. The zero-order chi connectivity index (χ0) is 13.5. The Morgan fingerprint density at radius 1 is 1.53 bits per heavy atom. The molecule has 1 saturated heterocycles. The van der Waals surface area contributed by atoms with E-state index in [2.05, 4.69) is 16.7 Å². The standard InChI is InChI=1S/C15H19N3O/c16-9-13-2-1-3-14(8-13)11-18-15(19)5-4-12-6-7-17-10-12/h1-3,8,12,17H,4-7,10-11H2,(H,18,19). The number of benzene rings is 1. The van der Waals surface area contributed by atoms with Crippen LogP contribution in [0.1, 0.15) is 30.4 Å². The second-order valence-electron chi connectivity index (χ2n) is 4.99. The average molecular weight is 257 g/mol. The first-order valence-electron chi connectivity index (χ1n) is 6.74. The van der Waals surface area contributed by atoms with Crippen LogP contribution in [0, 0.1) is 17.2 Å². The van der Waals surface area contributed by atoms with Crippen molar-refractivity contribution in [3.8, 4) is 6.07 Å². The lowest BCUT2D eigenvalue weighted by Crippen LogP contribution is -2.23. The van der Waals surface area contributed by atoms with Gasteiger partial charge in [0.15, 0.2) is 0 Å². The van der Waals surface area contributed by atoms with Crippen LogP contribution in [-0.2, 0) is 11.3 Å². The van der Waals surface area contributed by atoms with Gasteiger partial charge in [-0.25, -0.2) is 0 Å². The van der Waals surface area contributed by atoms with Crippen molar-refractivity contribution in [2.24, 2.45) is 5.92 Å². The van der Waals surface area contributed by atoms with Crippen molar-refractivity contribution in [3.63, 3.8) is 0 Å². The van der Waals surface area contributed by atoms with Gasteiger partial charge >= 0.3 is 0 Å². The third-order valence-electron chi connectivity index (χ3n) is 3.49. The smallest absolute Gasteiger partial charge is 0.220 e. The first kappa shape index (κ1) is 13.6. The molecule has 1 heterocycles. The molecule has 1 aliphatic rings. The summed E-state index contributed by atoms with van der Waals surface area (Å²) in [6.45, 7) is 2.61. The molecule has 1 aromatic rings. The van der Waals surface area contributed by atoms with E-state index in [1.165, 1.54) is 6.42 Å². The maximum Gasteiger partial charge on any atom is 0.220 e. The average Bonchev–Trinajstić information content (AvgIpc) is 2.96. The van der Waals surface area contributed by atoms with Gasteiger partial charge < -0.3 is 10.6 Å². The number of hydrogen-bond donors (Lipinski definition) is 2. The van der Waals surface area contributed by atoms with Crippen molar-refractivity contribution < 1.29 is 4.79 Å². The second kappa shape index (κ2) is 6.91. The Kier molecular flexibility index (Phi) is 4.93. The molecule has 0 aromatic heterocycles. The molecular weight excluding hydrogens is 238 g/mol. The molecule has 1 unspecified atom stereocenters. The lowest BCUT2D eigenvalue weighted by atomic mass is 10.0. The van der Waals surface area contributed by atoms with Crippen LogP contribution in [0.4, 0.5) is 0 Å². The van der Waals surface area contributed by atoms with Crippen LogP contribution in [0.2, 0.25) is 0 Å². The number of nitrogens with zero attached hydrogens (tertiary/aromatic N) is 1. The summed E-state index contributed by atoms with van der Waals surface area (Å²) in [4.78, 5) is 11.7. The summed E-state index contributed by atoms with van der Waals surface area (Å²) in [5, 5.41) is 15.0. The van der Waals surface area contributed by atoms with Crippen molar-refractivity contribution in [3.05, 3.63) is 35.4 Å². The number of amides is 1. The molecule has 1 aliphatic heterocycles. The van der Waals surface area contributed by atoms with E-state index in [1.54, 1.807) is 12.1 Å². The van der Waals surface area contributed by atoms with Crippen molar-refractivity contribution in [2.45, 2.75) is 25.8 Å². The van der Waals surface area contributed by atoms with Crippen LogP contribution < -0.4 is 10.6 Å². The number of nitriles is 1. The van der Waals surface area contributed by atoms with E-state index in [0.717, 1.165) is 25.1 Å². The lowest BCUT2D eigenvalue weighted by molar-refractivity contribution is -0.121. The summed E-state index contributed by atoms with van der Waals surface area (Å²) in [5.41, 5.74) is 1.60. The van der Waals surface area contributed by atoms with E-state index < -0.39 is 0 Å². The highest BCUT2D eigenvalue weighted by Gasteiger charge is 2.15. The zero-order valence-electron chi connectivity index (χ0n) is 11.0. The number of rotatable bonds is 5. The van der Waals surface area contributed by atoms with Crippen LogP contribution in [0.3, 0.4) is 0 Å². The predicted molar refractivity (Wildman–Crippen MR) is 73.2 cm³/mol. The van der Waals surface area contributed by atoms with Gasteiger partial charge in [-0.1, -0.05) is 12.1 Å². The van der Waals surface area contributed by atoms with Gasteiger partial charge in [-0.3, -0.25) is 4.79 Å². The fourth-order valence-electron chi connectivity index (χ4n) is 2.34. The van der Waals surface area contributed by atoms with Gasteiger partial charge in [-0.15, -0.1) is 0 Å². The quantitative estimate of drug-likeness (QED) is 0.841. The van der Waals surface area contributed by atoms with Crippen molar-refractivity contribution in [1.29, 1.82) is 5.26 Å². The molecule has 1 amide bonds. The Hall–Kier alpha value is -1.86. The molecule has 4 nitrogen and oxygen atoms in total. The van der Waals surface area contributed by atoms with Crippen molar-refractivity contribution in [1.82, 2.24) is 10.6 Å². The van der Waals surface area contributed by atoms with Crippen LogP contribution in [-0.4, -0.2) is 19.0 Å². The van der Waals surface area contributed by atoms with Crippen LogP contribution in [0.5, 0.6) is 0 Å². The third-order valence-corrected chi connectivity index (χ3v) is 3.49. The molecule has 0 spiro atoms. The van der Waals surface area contributed by atoms with Crippen LogP contribution in [0.25, 0.3) is 0 Å². The number of nitrogens with one attached hydrogen (secondary N) is 2. The molecule has 1 atom stereocenters. The molecule has 4 heteroatoms. The monoisotopic (exact) mass is 257 g/mol. The molecule has 0 radical (unpaired) electrons. The van der Waals surface area contributed by atoms with Gasteiger partial charge in [-0.05, 0) is 49.5 Å². The Morgan fingerprint density at radius 3 is 3.16 bits per heavy atom. The van der Waals surface area contributed by atoms with E-state index in [0.29, 0.717) is 24.4 Å². The van der Waals surface area contributed by atoms with Gasteiger partial charge in [0, 0.05) is 13.0 Å². The maximum atomic E-state index is 11.7. The summed E-state index contributed by atoms with van der Waals surface area (Å²) in [5.74, 6) is 0.738. The van der Waals surface area contributed by atoms with Gasteiger partial charge in [0.2, 0.25) is 5.91 Å². The number of carbonyl (C=O) groups is 1. The molecular formula is C15H19N3O. The lowest BCUT2D eigenvalue weighted by Gasteiger charge is -2.08. The molecule has 19 heavy (non-hydrogen) atoms. The first-order valence-corrected chi connectivity index (χ1v) is 6.74. The minimum Gasteiger partial charge on any atom is -0.352 e. The van der Waals surface area contributed by atoms with Gasteiger partial charge in [0.25, 0.3) is 0 Å². The summed E-state index contributed by atoms with van der Waals surface area (Å²) >= 11 is 0.